The molecule has 33 heavy (non-hydrogen) atoms. The van der Waals surface area contributed by atoms with Gasteiger partial charge in [-0.2, -0.15) is 0 Å². The number of hydrogen-bond donors (Lipinski definition) is 1. The quantitative estimate of drug-likeness (QED) is 0.165. The molecule has 168 valence electrons. The summed E-state index contributed by atoms with van der Waals surface area (Å²) in [6, 6.07) is 14.7. The van der Waals surface area contributed by atoms with Gasteiger partial charge in [0.2, 0.25) is 5.91 Å². The Balaban J connectivity index is 1.44. The summed E-state index contributed by atoms with van der Waals surface area (Å²) in [5.74, 6) is -0.355. The second-order valence-corrected chi connectivity index (χ2v) is 10.1. The van der Waals surface area contributed by atoms with Crippen LogP contribution in [0, 0.1) is 0 Å². The van der Waals surface area contributed by atoms with Crippen LogP contribution in [0.4, 0.5) is 5.69 Å². The number of nitrogens with zero attached hydrogens (tertiary/aromatic N) is 2. The molecule has 9 heteroatoms. The molecule has 0 bridgehead atoms. The third kappa shape index (κ3) is 5.79. The minimum absolute atomic E-state index is 0.162. The molecule has 0 saturated heterocycles. The highest BCUT2D eigenvalue weighted by Crippen LogP contribution is 2.38. The molecule has 2 aromatic heterocycles. The largest absolute Gasteiger partial charge is 0.459 e. The number of carbonyl (C=O) groups is 2. The van der Waals surface area contributed by atoms with Gasteiger partial charge in [0.25, 0.3) is 0 Å². The zero-order valence-electron chi connectivity index (χ0n) is 17.9. The average Bonchev–Trinajstić information content (AvgIpc) is 3.23. The number of esters is 1. The summed E-state index contributed by atoms with van der Waals surface area (Å²) in [5.41, 5.74) is 3.18. The van der Waals surface area contributed by atoms with Gasteiger partial charge >= 0.3 is 5.97 Å². The van der Waals surface area contributed by atoms with Gasteiger partial charge < -0.3 is 10.1 Å². The molecular formula is C24H20BrN3O3S2. The molecule has 0 spiro atoms. The van der Waals surface area contributed by atoms with Crippen molar-refractivity contribution in [1.82, 2.24) is 9.97 Å². The van der Waals surface area contributed by atoms with Crippen LogP contribution in [0.25, 0.3) is 21.3 Å². The second-order valence-electron chi connectivity index (χ2n) is 7.38. The van der Waals surface area contributed by atoms with Crippen LogP contribution in [0.2, 0.25) is 0 Å². The summed E-state index contributed by atoms with van der Waals surface area (Å²) in [7, 11) is 0. The maximum atomic E-state index is 12.5. The van der Waals surface area contributed by atoms with E-state index in [-0.39, 0.29) is 23.7 Å². The van der Waals surface area contributed by atoms with Crippen LogP contribution in [0.1, 0.15) is 24.2 Å². The number of amides is 1. The number of benzene rings is 2. The van der Waals surface area contributed by atoms with Gasteiger partial charge in [-0.1, -0.05) is 39.8 Å². The van der Waals surface area contributed by atoms with E-state index in [1.165, 1.54) is 18.1 Å². The normalized spacial score (nSPS) is 11.0. The lowest BCUT2D eigenvalue weighted by Gasteiger charge is -2.09. The molecular weight excluding hydrogens is 522 g/mol. The lowest BCUT2D eigenvalue weighted by Crippen LogP contribution is -2.15. The van der Waals surface area contributed by atoms with Crippen molar-refractivity contribution in [2.45, 2.75) is 25.0 Å². The molecule has 0 radical (unpaired) electrons. The van der Waals surface area contributed by atoms with Gasteiger partial charge in [0, 0.05) is 21.1 Å². The van der Waals surface area contributed by atoms with E-state index in [0.717, 1.165) is 30.8 Å². The fraction of sp³-hybridized carbons (Fsp3) is 0.167. The predicted molar refractivity (Wildman–Crippen MR) is 137 cm³/mol. The zero-order valence-corrected chi connectivity index (χ0v) is 21.1. The highest BCUT2D eigenvalue weighted by Gasteiger charge is 2.15. The molecule has 4 rings (SSSR count). The van der Waals surface area contributed by atoms with Crippen LogP contribution in [-0.2, 0) is 9.53 Å². The summed E-state index contributed by atoms with van der Waals surface area (Å²) in [5, 5.41) is 6.64. The Labute approximate surface area is 207 Å². The van der Waals surface area contributed by atoms with Crippen molar-refractivity contribution < 1.29 is 14.3 Å². The number of ether oxygens (including phenoxy) is 1. The molecule has 4 aromatic rings. The third-order valence-electron chi connectivity index (χ3n) is 4.58. The first-order chi connectivity index (χ1) is 15.9. The van der Waals surface area contributed by atoms with Crippen LogP contribution in [0.5, 0.6) is 0 Å². The van der Waals surface area contributed by atoms with Gasteiger partial charge in [0.1, 0.15) is 16.2 Å². The van der Waals surface area contributed by atoms with Crippen molar-refractivity contribution in [2.24, 2.45) is 0 Å². The SMILES string of the molecule is CC(C)OC(=O)c1ccc(NC(=O)CSc2ncnc3scc(-c4ccc(Br)cc4)c23)cc1. The molecule has 6 nitrogen and oxygen atoms in total. The Morgan fingerprint density at radius 2 is 1.82 bits per heavy atom. The maximum absolute atomic E-state index is 12.5. The van der Waals surface area contributed by atoms with Gasteiger partial charge in [-0.05, 0) is 55.8 Å². The summed E-state index contributed by atoms with van der Waals surface area (Å²) >= 11 is 6.39. The number of halogens is 1. The van der Waals surface area contributed by atoms with Crippen molar-refractivity contribution in [3.05, 3.63) is 70.3 Å². The molecule has 0 aliphatic rings. The van der Waals surface area contributed by atoms with Gasteiger partial charge in [-0.25, -0.2) is 14.8 Å². The van der Waals surface area contributed by atoms with Crippen molar-refractivity contribution in [2.75, 3.05) is 11.1 Å². The molecule has 2 heterocycles. The number of aromatic nitrogens is 2. The maximum Gasteiger partial charge on any atom is 0.338 e. The van der Waals surface area contributed by atoms with E-state index < -0.39 is 0 Å². The van der Waals surface area contributed by atoms with E-state index >= 15 is 0 Å². The Morgan fingerprint density at radius 1 is 1.09 bits per heavy atom. The Morgan fingerprint density at radius 3 is 2.52 bits per heavy atom. The lowest BCUT2D eigenvalue weighted by molar-refractivity contribution is -0.113. The van der Waals surface area contributed by atoms with Crippen LogP contribution in [0.3, 0.4) is 0 Å². The molecule has 1 N–H and O–H groups in total. The highest BCUT2D eigenvalue weighted by molar-refractivity contribution is 9.10. The van der Waals surface area contributed by atoms with Gasteiger partial charge in [0.15, 0.2) is 0 Å². The van der Waals surface area contributed by atoms with Crippen molar-refractivity contribution in [3.8, 4) is 11.1 Å². The molecule has 0 unspecified atom stereocenters. The van der Waals surface area contributed by atoms with E-state index in [0.29, 0.717) is 11.3 Å². The number of fused-ring (bicyclic) bond motifs is 1. The summed E-state index contributed by atoms with van der Waals surface area (Å²) in [6.45, 7) is 3.60. The number of hydrogen-bond acceptors (Lipinski definition) is 7. The van der Waals surface area contributed by atoms with E-state index in [2.05, 4.69) is 36.6 Å². The van der Waals surface area contributed by atoms with Crippen LogP contribution in [0.15, 0.2) is 69.7 Å². The minimum Gasteiger partial charge on any atom is -0.459 e. The first kappa shape index (κ1) is 23.4. The van der Waals surface area contributed by atoms with Crippen molar-refractivity contribution >= 4 is 66.8 Å². The van der Waals surface area contributed by atoms with Crippen molar-refractivity contribution in [1.29, 1.82) is 0 Å². The Kier molecular flexibility index (Phi) is 7.42. The Hall–Kier alpha value is -2.75. The topological polar surface area (TPSA) is 81.2 Å². The zero-order chi connectivity index (χ0) is 23.4. The minimum atomic E-state index is -0.386. The van der Waals surface area contributed by atoms with Gasteiger partial charge in [0.05, 0.1) is 22.8 Å². The summed E-state index contributed by atoms with van der Waals surface area (Å²) in [4.78, 5) is 34.2. The number of thioether (sulfide) groups is 1. The molecule has 2 aromatic carbocycles. The second kappa shape index (κ2) is 10.5. The fourth-order valence-electron chi connectivity index (χ4n) is 3.10. The molecule has 0 aliphatic carbocycles. The average molecular weight is 542 g/mol. The highest BCUT2D eigenvalue weighted by atomic mass is 79.9. The first-order valence-electron chi connectivity index (χ1n) is 10.1. The predicted octanol–water partition coefficient (Wildman–Crippen LogP) is 6.42. The fourth-order valence-corrected chi connectivity index (χ4v) is 5.16. The number of thiophene rings is 1. The van der Waals surface area contributed by atoms with Crippen LogP contribution < -0.4 is 5.32 Å². The standard InChI is InChI=1S/C24H20BrN3O3S2/c1-14(2)31-24(30)16-5-9-18(10-6-16)28-20(29)12-33-23-21-19(11-32-22(21)26-13-27-23)15-3-7-17(25)8-4-15/h3-11,13-14H,12H2,1-2H3,(H,28,29). The van der Waals surface area contributed by atoms with E-state index in [1.54, 1.807) is 49.4 Å². The van der Waals surface area contributed by atoms with Gasteiger partial charge in [-0.15, -0.1) is 11.3 Å². The number of nitrogens with one attached hydrogen (secondary N) is 1. The van der Waals surface area contributed by atoms with Crippen LogP contribution in [-0.4, -0.2) is 33.7 Å². The third-order valence-corrected chi connectivity index (χ3v) is 6.98. The number of anilines is 1. The number of carbonyl (C=O) groups excluding carboxylic acids is 2. The molecule has 0 fully saturated rings. The molecule has 0 aliphatic heterocycles. The van der Waals surface area contributed by atoms with Gasteiger partial charge in [-0.3, -0.25) is 4.79 Å². The molecule has 1 amide bonds. The number of rotatable bonds is 7. The molecule has 0 atom stereocenters. The van der Waals surface area contributed by atoms with E-state index in [4.69, 9.17) is 4.74 Å². The molecule has 0 saturated carbocycles. The smallest absolute Gasteiger partial charge is 0.338 e. The lowest BCUT2D eigenvalue weighted by atomic mass is 10.1. The van der Waals surface area contributed by atoms with E-state index in [1.807, 2.05) is 24.3 Å². The monoisotopic (exact) mass is 541 g/mol. The van der Waals surface area contributed by atoms with E-state index in [9.17, 15) is 9.59 Å². The van der Waals surface area contributed by atoms with Crippen molar-refractivity contribution in [3.63, 3.8) is 0 Å². The first-order valence-corrected chi connectivity index (χ1v) is 12.8. The summed E-state index contributed by atoms with van der Waals surface area (Å²) in [6.07, 6.45) is 1.34. The van der Waals surface area contributed by atoms with Crippen LogP contribution >= 0.6 is 39.0 Å². The summed E-state index contributed by atoms with van der Waals surface area (Å²) < 4.78 is 6.19. The Bertz CT molecular complexity index is 1290.